The van der Waals surface area contributed by atoms with Crippen molar-refractivity contribution >= 4 is 0 Å². The molecule has 0 aliphatic heterocycles. The number of nitrogens with one attached hydrogen (secondary N) is 1. The Kier molecular flexibility index (Phi) is 3.50. The van der Waals surface area contributed by atoms with Crippen molar-refractivity contribution in [2.75, 3.05) is 0 Å². The lowest BCUT2D eigenvalue weighted by Gasteiger charge is -2.20. The monoisotopic (exact) mass is 176 g/mol. The molecule has 0 aromatic carbocycles. The molecule has 13 heavy (non-hydrogen) atoms. The normalized spacial score (nSPS) is 12.5. The van der Waals surface area contributed by atoms with Crippen LogP contribution in [0.1, 0.15) is 25.5 Å². The molecule has 70 valence electrons. The second-order valence-corrected chi connectivity index (χ2v) is 3.38. The van der Waals surface area contributed by atoms with E-state index in [-0.39, 0.29) is 0 Å². The fourth-order valence-corrected chi connectivity index (χ4v) is 1.36. The zero-order valence-electron chi connectivity index (χ0n) is 8.20. The van der Waals surface area contributed by atoms with Crippen molar-refractivity contribution in [2.24, 2.45) is 5.92 Å². The van der Waals surface area contributed by atoms with E-state index in [9.17, 15) is 0 Å². The van der Waals surface area contributed by atoms with Gasteiger partial charge in [0.25, 0.3) is 0 Å². The second-order valence-electron chi connectivity index (χ2n) is 3.38. The molecular formula is C11H16N2. The largest absolute Gasteiger partial charge is 0.384 e. The van der Waals surface area contributed by atoms with E-state index in [4.69, 9.17) is 0 Å². The van der Waals surface area contributed by atoms with E-state index in [2.05, 4.69) is 36.8 Å². The van der Waals surface area contributed by atoms with Crippen LogP contribution >= 0.6 is 0 Å². The number of aromatic nitrogens is 1. The predicted molar refractivity (Wildman–Crippen MR) is 55.1 cm³/mol. The molecule has 0 aliphatic rings. The van der Waals surface area contributed by atoms with Gasteiger partial charge in [0.2, 0.25) is 0 Å². The van der Waals surface area contributed by atoms with Crippen LogP contribution in [0.15, 0.2) is 37.3 Å². The highest BCUT2D eigenvalue weighted by atomic mass is 14.9. The second kappa shape index (κ2) is 4.65. The summed E-state index contributed by atoms with van der Waals surface area (Å²) >= 11 is 0. The smallest absolute Gasteiger partial charge is 0.0546 e. The third kappa shape index (κ3) is 2.58. The molecule has 2 nitrogen and oxygen atoms in total. The van der Waals surface area contributed by atoms with Gasteiger partial charge in [0.05, 0.1) is 6.04 Å². The average molecular weight is 176 g/mol. The SMILES string of the molecule is C=CN[C@@H](c1cccnc1)C(C)C. The third-order valence-electron chi connectivity index (χ3n) is 2.01. The number of hydrogen-bond donors (Lipinski definition) is 1. The molecule has 0 aliphatic carbocycles. The Balaban J connectivity index is 2.82. The molecule has 0 fully saturated rings. The molecule has 0 saturated carbocycles. The van der Waals surface area contributed by atoms with E-state index in [1.807, 2.05) is 12.3 Å². The highest BCUT2D eigenvalue weighted by molar-refractivity contribution is 5.15. The van der Waals surface area contributed by atoms with Crippen LogP contribution in [0.25, 0.3) is 0 Å². The van der Waals surface area contributed by atoms with Crippen molar-refractivity contribution in [2.45, 2.75) is 19.9 Å². The van der Waals surface area contributed by atoms with Gasteiger partial charge in [-0.2, -0.15) is 0 Å². The van der Waals surface area contributed by atoms with E-state index in [0.29, 0.717) is 12.0 Å². The van der Waals surface area contributed by atoms with Crippen LogP contribution in [-0.2, 0) is 0 Å². The summed E-state index contributed by atoms with van der Waals surface area (Å²) in [7, 11) is 0. The zero-order chi connectivity index (χ0) is 9.68. The van der Waals surface area contributed by atoms with Gasteiger partial charge in [0, 0.05) is 12.4 Å². The molecule has 0 bridgehead atoms. The van der Waals surface area contributed by atoms with Gasteiger partial charge in [-0.3, -0.25) is 4.98 Å². The Morgan fingerprint density at radius 3 is 2.77 bits per heavy atom. The average Bonchev–Trinajstić information content (AvgIpc) is 2.15. The van der Waals surface area contributed by atoms with Crippen LogP contribution in [0.4, 0.5) is 0 Å². The van der Waals surface area contributed by atoms with Gasteiger partial charge in [-0.25, -0.2) is 0 Å². The summed E-state index contributed by atoms with van der Waals surface area (Å²) in [6.45, 7) is 8.03. The number of rotatable bonds is 4. The van der Waals surface area contributed by atoms with Gasteiger partial charge in [0.1, 0.15) is 0 Å². The summed E-state index contributed by atoms with van der Waals surface area (Å²) in [6.07, 6.45) is 5.41. The lowest BCUT2D eigenvalue weighted by atomic mass is 9.98. The maximum Gasteiger partial charge on any atom is 0.0546 e. The standard InChI is InChI=1S/C11H16N2/c1-4-13-11(9(2)3)10-6-5-7-12-8-10/h4-9,11,13H,1H2,2-3H3/t11-/m1/s1. The quantitative estimate of drug-likeness (QED) is 0.762. The van der Waals surface area contributed by atoms with E-state index >= 15 is 0 Å². The van der Waals surface area contributed by atoms with E-state index in [1.54, 1.807) is 12.4 Å². The summed E-state index contributed by atoms with van der Waals surface area (Å²) in [5.74, 6) is 0.530. The fourth-order valence-electron chi connectivity index (χ4n) is 1.36. The summed E-state index contributed by atoms with van der Waals surface area (Å²) in [5, 5.41) is 3.22. The Bertz CT molecular complexity index is 254. The lowest BCUT2D eigenvalue weighted by molar-refractivity contribution is 0.457. The Morgan fingerprint density at radius 2 is 2.31 bits per heavy atom. The molecule has 0 amide bonds. The molecule has 1 aromatic heterocycles. The van der Waals surface area contributed by atoms with E-state index < -0.39 is 0 Å². The highest BCUT2D eigenvalue weighted by Crippen LogP contribution is 2.20. The Morgan fingerprint density at radius 1 is 1.54 bits per heavy atom. The molecule has 1 rings (SSSR count). The molecule has 0 radical (unpaired) electrons. The molecule has 0 spiro atoms. The maximum atomic E-state index is 4.10. The van der Waals surface area contributed by atoms with E-state index in [1.165, 1.54) is 5.56 Å². The minimum atomic E-state index is 0.311. The van der Waals surface area contributed by atoms with Crippen LogP contribution in [0.5, 0.6) is 0 Å². The number of nitrogens with zero attached hydrogens (tertiary/aromatic N) is 1. The molecular weight excluding hydrogens is 160 g/mol. The molecule has 1 atom stereocenters. The van der Waals surface area contributed by atoms with Crippen LogP contribution in [0.2, 0.25) is 0 Å². The maximum absolute atomic E-state index is 4.10. The first-order valence-electron chi connectivity index (χ1n) is 4.52. The van der Waals surface area contributed by atoms with Crippen LogP contribution < -0.4 is 5.32 Å². The summed E-state index contributed by atoms with van der Waals surface area (Å²) < 4.78 is 0. The van der Waals surface area contributed by atoms with Crippen molar-refractivity contribution in [1.29, 1.82) is 0 Å². The van der Waals surface area contributed by atoms with E-state index in [0.717, 1.165) is 0 Å². The van der Waals surface area contributed by atoms with Gasteiger partial charge >= 0.3 is 0 Å². The summed E-state index contributed by atoms with van der Waals surface area (Å²) in [5.41, 5.74) is 1.21. The number of pyridine rings is 1. The third-order valence-corrected chi connectivity index (χ3v) is 2.01. The Labute approximate surface area is 79.7 Å². The molecule has 0 unspecified atom stereocenters. The van der Waals surface area contributed by atoms with Crippen molar-refractivity contribution < 1.29 is 0 Å². The molecule has 2 heteroatoms. The highest BCUT2D eigenvalue weighted by Gasteiger charge is 2.12. The van der Waals surface area contributed by atoms with Crippen molar-refractivity contribution in [3.8, 4) is 0 Å². The molecule has 1 heterocycles. The first-order valence-corrected chi connectivity index (χ1v) is 4.52. The molecule has 0 saturated heterocycles. The molecule has 1 aromatic rings. The van der Waals surface area contributed by atoms with Crippen molar-refractivity contribution in [3.05, 3.63) is 42.9 Å². The summed E-state index contributed by atoms with van der Waals surface area (Å²) in [4.78, 5) is 4.10. The zero-order valence-corrected chi connectivity index (χ0v) is 8.20. The van der Waals surface area contributed by atoms with Crippen molar-refractivity contribution in [1.82, 2.24) is 10.3 Å². The first kappa shape index (κ1) is 9.78. The molecule has 1 N–H and O–H groups in total. The van der Waals surface area contributed by atoms with Crippen LogP contribution in [0.3, 0.4) is 0 Å². The Hall–Kier alpha value is -1.31. The number of hydrogen-bond acceptors (Lipinski definition) is 2. The van der Waals surface area contributed by atoms with Gasteiger partial charge in [-0.1, -0.05) is 26.5 Å². The lowest BCUT2D eigenvalue weighted by Crippen LogP contribution is -2.20. The minimum Gasteiger partial charge on any atom is -0.384 e. The van der Waals surface area contributed by atoms with Crippen LogP contribution in [-0.4, -0.2) is 4.98 Å². The predicted octanol–water partition coefficient (Wildman–Crippen LogP) is 2.51. The minimum absolute atomic E-state index is 0.311. The van der Waals surface area contributed by atoms with Crippen molar-refractivity contribution in [3.63, 3.8) is 0 Å². The topological polar surface area (TPSA) is 24.9 Å². The fraction of sp³-hybridized carbons (Fsp3) is 0.364. The van der Waals surface area contributed by atoms with Gasteiger partial charge < -0.3 is 5.32 Å². The first-order chi connectivity index (χ1) is 6.25. The van der Waals surface area contributed by atoms with Gasteiger partial charge in [-0.15, -0.1) is 0 Å². The van der Waals surface area contributed by atoms with Gasteiger partial charge in [0.15, 0.2) is 0 Å². The van der Waals surface area contributed by atoms with Crippen LogP contribution in [0, 0.1) is 5.92 Å². The van der Waals surface area contributed by atoms with Gasteiger partial charge in [-0.05, 0) is 23.7 Å². The summed E-state index contributed by atoms with van der Waals surface area (Å²) in [6, 6.07) is 4.34.